The van der Waals surface area contributed by atoms with Crippen molar-refractivity contribution in [2.45, 2.75) is 35.0 Å². The number of carbonyl (C=O) groups is 2. The van der Waals surface area contributed by atoms with E-state index >= 15 is 0 Å². The molecule has 2 heterocycles. The molecule has 0 spiro atoms. The summed E-state index contributed by atoms with van der Waals surface area (Å²) in [5, 5.41) is 5.27. The van der Waals surface area contributed by atoms with Crippen LogP contribution in [-0.4, -0.2) is 29.6 Å². The summed E-state index contributed by atoms with van der Waals surface area (Å²) in [5.41, 5.74) is -1.37. The average molecular weight is 627 g/mol. The average Bonchev–Trinajstić information content (AvgIpc) is 3.27. The molecule has 6 nitrogen and oxygen atoms in total. The number of aromatic nitrogens is 1. The molecule has 0 saturated carbocycles. The predicted molar refractivity (Wildman–Crippen MR) is 135 cm³/mol. The molecule has 2 aromatic carbocycles. The Labute approximate surface area is 224 Å². The molecule has 2 amide bonds. The van der Waals surface area contributed by atoms with E-state index in [0.717, 1.165) is 17.7 Å². The lowest BCUT2D eigenvalue weighted by atomic mass is 9.79. The number of hydrogen-bond donors (Lipinski definition) is 2. The first kappa shape index (κ1) is 26.8. The minimum Gasteiger partial charge on any atom is -0.464 e. The van der Waals surface area contributed by atoms with Gasteiger partial charge < -0.3 is 15.4 Å². The second-order valence-corrected chi connectivity index (χ2v) is 9.35. The Balaban J connectivity index is 1.89. The van der Waals surface area contributed by atoms with E-state index in [1.165, 1.54) is 0 Å². The number of nitrogens with zero attached hydrogens (tertiary/aromatic N) is 1. The molecule has 1 aromatic heterocycles. The van der Waals surface area contributed by atoms with E-state index in [0.29, 0.717) is 16.1 Å². The first-order valence-electron chi connectivity index (χ1n) is 11.3. The van der Waals surface area contributed by atoms with Crippen LogP contribution in [0.2, 0.25) is 0 Å². The van der Waals surface area contributed by atoms with Gasteiger partial charge in [-0.15, -0.1) is 0 Å². The third-order valence-corrected chi connectivity index (χ3v) is 6.89. The molecule has 3 aromatic rings. The lowest BCUT2D eigenvalue weighted by Gasteiger charge is -2.36. The van der Waals surface area contributed by atoms with Gasteiger partial charge in [-0.2, -0.15) is 13.2 Å². The predicted octanol–water partition coefficient (Wildman–Crippen LogP) is 5.28. The molecule has 0 radical (unpaired) electrons. The number of carbonyl (C=O) groups excluding carboxylic acids is 2. The molecule has 11 heteroatoms. The molecule has 4 rings (SSSR count). The summed E-state index contributed by atoms with van der Waals surface area (Å²) in [7, 11) is 0. The highest BCUT2D eigenvalue weighted by atomic mass is 127. The van der Waals surface area contributed by atoms with Crippen LogP contribution in [-0.2, 0) is 32.1 Å². The number of hydrogen-bond acceptors (Lipinski definition) is 4. The first-order valence-corrected chi connectivity index (χ1v) is 12.8. The van der Waals surface area contributed by atoms with E-state index in [1.807, 2.05) is 0 Å². The van der Waals surface area contributed by atoms with Gasteiger partial charge >= 0.3 is 18.2 Å². The highest BCUT2D eigenvalue weighted by Crippen LogP contribution is 2.37. The topological polar surface area (TPSA) is 80.3 Å². The largest absolute Gasteiger partial charge is 0.464 e. The second-order valence-electron chi connectivity index (χ2n) is 8.59. The number of nitrogens with one attached hydrogen (secondary N) is 2. The van der Waals surface area contributed by atoms with Gasteiger partial charge in [0.15, 0.2) is 0 Å². The highest BCUT2D eigenvalue weighted by Gasteiger charge is 2.41. The fraction of sp³-hybridized carbons (Fsp3) is 0.269. The second kappa shape index (κ2) is 11.0. The van der Waals surface area contributed by atoms with Crippen molar-refractivity contribution in [2.75, 3.05) is 6.61 Å². The van der Waals surface area contributed by atoms with Crippen LogP contribution in [0, 0.1) is 5.82 Å². The third-order valence-electron chi connectivity index (χ3n) is 6.01. The zero-order valence-corrected chi connectivity index (χ0v) is 21.5. The van der Waals surface area contributed by atoms with Crippen molar-refractivity contribution in [3.05, 3.63) is 101 Å². The molecule has 1 saturated heterocycles. The van der Waals surface area contributed by atoms with Crippen LogP contribution in [0.4, 0.5) is 22.4 Å². The molecule has 194 valence electrons. The summed E-state index contributed by atoms with van der Waals surface area (Å²) in [6.45, 7) is 0.136. The summed E-state index contributed by atoms with van der Waals surface area (Å²) in [4.78, 5) is 29.6. The molecule has 2 atom stereocenters. The number of ether oxygens (including phenoxy) is 1. The number of urea groups is 1. The van der Waals surface area contributed by atoms with E-state index in [2.05, 4.69) is 38.2 Å². The maximum atomic E-state index is 14.7. The SMILES string of the molecule is O=C(N[C@@H]1CCOC1=O)N[C@](Cc1ccccc1)(c1cc(F)cc(C(F)(F)F)c1)c1ccc(CI)cn1. The van der Waals surface area contributed by atoms with E-state index in [1.54, 1.807) is 48.7 Å². The van der Waals surface area contributed by atoms with Crippen LogP contribution in [0.1, 0.15) is 34.4 Å². The summed E-state index contributed by atoms with van der Waals surface area (Å²) in [6, 6.07) is 12.5. The van der Waals surface area contributed by atoms with Gasteiger partial charge in [0.05, 0.1) is 17.9 Å². The Hall–Kier alpha value is -3.22. The molecule has 1 aliphatic heterocycles. The molecule has 1 fully saturated rings. The number of cyclic esters (lactones) is 1. The van der Waals surface area contributed by atoms with Gasteiger partial charge in [0.2, 0.25) is 0 Å². The number of rotatable bonds is 7. The Morgan fingerprint density at radius 3 is 2.38 bits per heavy atom. The standard InChI is InChI=1S/C26H22F4IN3O3/c27-20-11-18(10-19(12-20)26(28,29)30)25(13-16-4-2-1-3-5-16,22-7-6-17(14-31)15-32-22)34-24(36)33-21-8-9-37-23(21)35/h1-7,10-12,15,21H,8-9,13-14H2,(H2,33,34,36)/t21-,25-/m1/s1. The van der Waals surface area contributed by atoms with Crippen molar-refractivity contribution >= 4 is 34.6 Å². The fourth-order valence-corrected chi connectivity index (χ4v) is 4.64. The number of pyridine rings is 1. The van der Waals surface area contributed by atoms with E-state index in [4.69, 9.17) is 4.74 Å². The Morgan fingerprint density at radius 1 is 1.05 bits per heavy atom. The van der Waals surface area contributed by atoms with Crippen molar-refractivity contribution in [3.63, 3.8) is 0 Å². The van der Waals surface area contributed by atoms with Crippen LogP contribution in [0.5, 0.6) is 0 Å². The van der Waals surface area contributed by atoms with Crippen LogP contribution >= 0.6 is 22.6 Å². The molecule has 0 aliphatic carbocycles. The minimum atomic E-state index is -4.83. The van der Waals surface area contributed by atoms with Crippen LogP contribution in [0.25, 0.3) is 0 Å². The van der Waals surface area contributed by atoms with Gasteiger partial charge in [-0.05, 0) is 41.0 Å². The first-order chi connectivity index (χ1) is 17.6. The van der Waals surface area contributed by atoms with Gasteiger partial charge in [0.1, 0.15) is 17.4 Å². The molecule has 1 aliphatic rings. The summed E-state index contributed by atoms with van der Waals surface area (Å²) in [6.07, 6.45) is -3.07. The van der Waals surface area contributed by atoms with Crippen molar-refractivity contribution in [1.29, 1.82) is 0 Å². The number of alkyl halides is 4. The van der Waals surface area contributed by atoms with Crippen LogP contribution in [0.15, 0.2) is 66.9 Å². The Kier molecular flexibility index (Phi) is 8.00. The van der Waals surface area contributed by atoms with E-state index < -0.39 is 41.1 Å². The molecule has 0 unspecified atom stereocenters. The number of benzene rings is 2. The number of halogens is 5. The van der Waals surface area contributed by atoms with Crippen molar-refractivity contribution in [2.24, 2.45) is 0 Å². The molecule has 2 N–H and O–H groups in total. The van der Waals surface area contributed by atoms with E-state index in [-0.39, 0.29) is 30.7 Å². The molecule has 37 heavy (non-hydrogen) atoms. The quantitative estimate of drug-likeness (QED) is 0.162. The van der Waals surface area contributed by atoms with Crippen molar-refractivity contribution < 1.29 is 31.9 Å². The van der Waals surface area contributed by atoms with Crippen molar-refractivity contribution in [3.8, 4) is 0 Å². The van der Waals surface area contributed by atoms with Gasteiger partial charge in [-0.25, -0.2) is 14.0 Å². The van der Waals surface area contributed by atoms with Gasteiger partial charge in [0, 0.05) is 23.5 Å². The maximum Gasteiger partial charge on any atom is 0.416 e. The van der Waals surface area contributed by atoms with Crippen molar-refractivity contribution in [1.82, 2.24) is 15.6 Å². The molecular weight excluding hydrogens is 605 g/mol. The zero-order chi connectivity index (χ0) is 26.6. The summed E-state index contributed by atoms with van der Waals surface area (Å²) < 4.78 is 61.3. The maximum absolute atomic E-state index is 14.7. The lowest BCUT2D eigenvalue weighted by molar-refractivity contribution is -0.139. The number of esters is 1. The van der Waals surface area contributed by atoms with Crippen LogP contribution in [0.3, 0.4) is 0 Å². The fourth-order valence-electron chi connectivity index (χ4n) is 4.19. The molecule has 0 bridgehead atoms. The van der Waals surface area contributed by atoms with Crippen LogP contribution < -0.4 is 10.6 Å². The number of amides is 2. The minimum absolute atomic E-state index is 0.0479. The van der Waals surface area contributed by atoms with E-state index in [9.17, 15) is 27.2 Å². The summed E-state index contributed by atoms with van der Waals surface area (Å²) >= 11 is 2.14. The normalized spacial score (nSPS) is 17.1. The van der Waals surface area contributed by atoms with Gasteiger partial charge in [0.25, 0.3) is 0 Å². The Morgan fingerprint density at radius 2 is 1.78 bits per heavy atom. The highest BCUT2D eigenvalue weighted by molar-refractivity contribution is 14.1. The lowest BCUT2D eigenvalue weighted by Crippen LogP contribution is -2.55. The zero-order valence-electron chi connectivity index (χ0n) is 19.3. The Bertz CT molecular complexity index is 1270. The molecular formula is C26H22F4IN3O3. The van der Waals surface area contributed by atoms with Gasteiger partial charge in [-0.3, -0.25) is 4.98 Å². The monoisotopic (exact) mass is 627 g/mol. The summed E-state index contributed by atoms with van der Waals surface area (Å²) in [5.74, 6) is -1.73. The third kappa shape index (κ3) is 6.20. The van der Waals surface area contributed by atoms with Gasteiger partial charge in [-0.1, -0.05) is 59.0 Å². The smallest absolute Gasteiger partial charge is 0.416 e.